The minimum absolute atomic E-state index is 0.111. The summed E-state index contributed by atoms with van der Waals surface area (Å²) in [4.78, 5) is 4.35. The van der Waals surface area contributed by atoms with Crippen LogP contribution in [-0.2, 0) is 5.41 Å². The van der Waals surface area contributed by atoms with Gasteiger partial charge >= 0.3 is 6.01 Å². The lowest BCUT2D eigenvalue weighted by Crippen LogP contribution is -2.25. The quantitative estimate of drug-likeness (QED) is 0.639. The number of hydrogen-bond donors (Lipinski definition) is 2. The van der Waals surface area contributed by atoms with Crippen LogP contribution in [0.1, 0.15) is 37.1 Å². The molecule has 1 saturated carbocycles. The fourth-order valence-corrected chi connectivity index (χ4v) is 2.85. The number of nitrogen functional groups attached to an aromatic ring is 1. The van der Waals surface area contributed by atoms with Crippen LogP contribution in [0.2, 0.25) is 0 Å². The van der Waals surface area contributed by atoms with Gasteiger partial charge in [-0.15, -0.1) is 0 Å². The van der Waals surface area contributed by atoms with E-state index in [1.165, 1.54) is 18.4 Å². The Labute approximate surface area is 105 Å². The van der Waals surface area contributed by atoms with Crippen molar-refractivity contribution in [1.82, 2.24) is 10.1 Å². The van der Waals surface area contributed by atoms with Crippen molar-refractivity contribution in [2.45, 2.75) is 31.1 Å². The second-order valence-corrected chi connectivity index (χ2v) is 4.72. The first-order valence-corrected chi connectivity index (χ1v) is 6.21. The Hall–Kier alpha value is -1.88. The standard InChI is InChI=1S/C13H16N4O/c14-16-12-15-11(17-18-12)13(8-4-5-9-13)10-6-2-1-3-7-10/h1-3,6-7H,4-5,8-9,14H2,(H,15,16,17). The van der Waals surface area contributed by atoms with Crippen LogP contribution in [-0.4, -0.2) is 10.1 Å². The van der Waals surface area contributed by atoms with E-state index in [0.717, 1.165) is 18.7 Å². The first kappa shape index (κ1) is 11.2. The van der Waals surface area contributed by atoms with Crippen LogP contribution >= 0.6 is 0 Å². The van der Waals surface area contributed by atoms with Crippen molar-refractivity contribution in [1.29, 1.82) is 0 Å². The highest BCUT2D eigenvalue weighted by Crippen LogP contribution is 2.45. The molecule has 18 heavy (non-hydrogen) atoms. The van der Waals surface area contributed by atoms with Gasteiger partial charge in [-0.2, -0.15) is 4.98 Å². The molecule has 0 unspecified atom stereocenters. The van der Waals surface area contributed by atoms with Gasteiger partial charge < -0.3 is 4.52 Å². The number of hydrazine groups is 1. The molecule has 5 nitrogen and oxygen atoms in total. The van der Waals surface area contributed by atoms with Gasteiger partial charge in [-0.1, -0.05) is 48.3 Å². The molecular formula is C13H16N4O. The van der Waals surface area contributed by atoms with E-state index in [4.69, 9.17) is 10.4 Å². The zero-order chi connectivity index (χ0) is 12.4. The highest BCUT2D eigenvalue weighted by Gasteiger charge is 2.41. The van der Waals surface area contributed by atoms with Crippen molar-refractivity contribution in [3.63, 3.8) is 0 Å². The molecule has 94 valence electrons. The smallest absolute Gasteiger partial charge is 0.314 e. The van der Waals surface area contributed by atoms with Gasteiger partial charge in [0.25, 0.3) is 0 Å². The molecule has 5 heteroatoms. The third-order valence-corrected chi connectivity index (χ3v) is 3.76. The van der Waals surface area contributed by atoms with Crippen molar-refractivity contribution >= 4 is 6.01 Å². The summed E-state index contributed by atoms with van der Waals surface area (Å²) >= 11 is 0. The SMILES string of the molecule is NNc1nc(C2(c3ccccc3)CCCC2)no1. The molecule has 0 amide bonds. The molecule has 0 atom stereocenters. The van der Waals surface area contributed by atoms with Gasteiger partial charge in [0, 0.05) is 0 Å². The van der Waals surface area contributed by atoms with E-state index in [1.807, 2.05) is 6.07 Å². The van der Waals surface area contributed by atoms with Gasteiger partial charge in [0.05, 0.1) is 5.41 Å². The number of nitrogens with one attached hydrogen (secondary N) is 1. The van der Waals surface area contributed by atoms with Gasteiger partial charge in [-0.05, 0) is 18.4 Å². The summed E-state index contributed by atoms with van der Waals surface area (Å²) in [6, 6.07) is 10.7. The van der Waals surface area contributed by atoms with E-state index in [1.54, 1.807) is 0 Å². The number of rotatable bonds is 3. The first-order chi connectivity index (χ1) is 8.85. The molecule has 3 rings (SSSR count). The Kier molecular flexibility index (Phi) is 2.76. The van der Waals surface area contributed by atoms with Crippen LogP contribution in [0, 0.1) is 0 Å². The van der Waals surface area contributed by atoms with Gasteiger partial charge in [-0.25, -0.2) is 5.84 Å². The summed E-state index contributed by atoms with van der Waals surface area (Å²) in [5.74, 6) is 6.03. The second kappa shape index (κ2) is 4.42. The van der Waals surface area contributed by atoms with Crippen molar-refractivity contribution in [2.24, 2.45) is 5.84 Å². The molecule has 3 N–H and O–H groups in total. The average molecular weight is 244 g/mol. The lowest BCUT2D eigenvalue weighted by atomic mass is 9.78. The molecule has 1 aliphatic carbocycles. The number of anilines is 1. The molecule has 1 heterocycles. The first-order valence-electron chi connectivity index (χ1n) is 6.21. The van der Waals surface area contributed by atoms with Crippen LogP contribution in [0.4, 0.5) is 6.01 Å². The fourth-order valence-electron chi connectivity index (χ4n) is 2.85. The van der Waals surface area contributed by atoms with E-state index in [-0.39, 0.29) is 11.4 Å². The number of nitrogens with zero attached hydrogens (tertiary/aromatic N) is 2. The number of benzene rings is 1. The molecule has 0 bridgehead atoms. The van der Waals surface area contributed by atoms with Gasteiger partial charge in [-0.3, -0.25) is 5.43 Å². The maximum atomic E-state index is 5.30. The van der Waals surface area contributed by atoms with E-state index < -0.39 is 0 Å². The van der Waals surface area contributed by atoms with E-state index in [0.29, 0.717) is 0 Å². The van der Waals surface area contributed by atoms with Gasteiger partial charge in [0.15, 0.2) is 5.82 Å². The highest BCUT2D eigenvalue weighted by molar-refractivity contribution is 5.35. The second-order valence-electron chi connectivity index (χ2n) is 4.72. The highest BCUT2D eigenvalue weighted by atomic mass is 16.5. The molecule has 1 aromatic heterocycles. The number of hydrogen-bond acceptors (Lipinski definition) is 5. The monoisotopic (exact) mass is 244 g/mol. The Morgan fingerprint density at radius 1 is 1.17 bits per heavy atom. The molecule has 0 spiro atoms. The molecule has 0 radical (unpaired) electrons. The molecule has 0 aliphatic heterocycles. The minimum Gasteiger partial charge on any atom is -0.314 e. The maximum absolute atomic E-state index is 5.30. The largest absolute Gasteiger partial charge is 0.335 e. The zero-order valence-electron chi connectivity index (χ0n) is 10.1. The lowest BCUT2D eigenvalue weighted by molar-refractivity contribution is 0.395. The topological polar surface area (TPSA) is 77.0 Å². The van der Waals surface area contributed by atoms with Crippen LogP contribution < -0.4 is 11.3 Å². The lowest BCUT2D eigenvalue weighted by Gasteiger charge is -2.25. The summed E-state index contributed by atoms with van der Waals surface area (Å²) in [5.41, 5.74) is 3.54. The molecule has 2 aromatic rings. The van der Waals surface area contributed by atoms with Crippen LogP contribution in [0.25, 0.3) is 0 Å². The average Bonchev–Trinajstić information content (AvgIpc) is 3.09. The summed E-state index contributed by atoms with van der Waals surface area (Å²) in [6.07, 6.45) is 4.49. The number of nitrogens with two attached hydrogens (primary N) is 1. The van der Waals surface area contributed by atoms with Crippen molar-refractivity contribution in [2.75, 3.05) is 5.43 Å². The Morgan fingerprint density at radius 2 is 1.89 bits per heavy atom. The normalized spacial score (nSPS) is 17.8. The summed E-state index contributed by atoms with van der Waals surface area (Å²) < 4.78 is 5.08. The summed E-state index contributed by atoms with van der Waals surface area (Å²) in [7, 11) is 0. The van der Waals surface area contributed by atoms with E-state index >= 15 is 0 Å². The van der Waals surface area contributed by atoms with E-state index in [2.05, 4.69) is 39.8 Å². The van der Waals surface area contributed by atoms with Gasteiger partial charge in [0.1, 0.15) is 0 Å². The Morgan fingerprint density at radius 3 is 2.50 bits per heavy atom. The summed E-state index contributed by atoms with van der Waals surface area (Å²) in [5, 5.41) is 4.09. The third-order valence-electron chi connectivity index (χ3n) is 3.76. The maximum Gasteiger partial charge on any atom is 0.335 e. The molecule has 0 saturated heterocycles. The van der Waals surface area contributed by atoms with Crippen molar-refractivity contribution in [3.05, 3.63) is 41.7 Å². The summed E-state index contributed by atoms with van der Waals surface area (Å²) in [6.45, 7) is 0. The molecule has 1 aliphatic rings. The minimum atomic E-state index is -0.111. The molecule has 1 fully saturated rings. The fraction of sp³-hybridized carbons (Fsp3) is 0.385. The van der Waals surface area contributed by atoms with Gasteiger partial charge in [0.2, 0.25) is 0 Å². The Bertz CT molecular complexity index is 517. The number of aromatic nitrogens is 2. The third kappa shape index (κ3) is 1.67. The predicted octanol–water partition coefficient (Wildman–Crippen LogP) is 2.22. The van der Waals surface area contributed by atoms with Crippen LogP contribution in [0.5, 0.6) is 0 Å². The van der Waals surface area contributed by atoms with Crippen LogP contribution in [0.15, 0.2) is 34.9 Å². The predicted molar refractivity (Wildman–Crippen MR) is 67.8 cm³/mol. The molecule has 1 aromatic carbocycles. The zero-order valence-corrected chi connectivity index (χ0v) is 10.1. The Balaban J connectivity index is 2.06. The molecular weight excluding hydrogens is 228 g/mol. The van der Waals surface area contributed by atoms with Crippen molar-refractivity contribution < 1.29 is 4.52 Å². The van der Waals surface area contributed by atoms with E-state index in [9.17, 15) is 0 Å². The van der Waals surface area contributed by atoms with Crippen molar-refractivity contribution in [3.8, 4) is 0 Å². The van der Waals surface area contributed by atoms with Crippen LogP contribution in [0.3, 0.4) is 0 Å².